The molecule has 37 heavy (non-hydrogen) atoms. The zero-order chi connectivity index (χ0) is 24.8. The van der Waals surface area contributed by atoms with Crippen molar-refractivity contribution in [1.82, 2.24) is 9.97 Å². The SMILES string of the molecule is Cc1nc(N2CCCC2)nc(C)c1-c1cccc2c1OC[C@H]2Nc1ccc2c(c1)OC[C@H]2CC(=O)[O-].[Na+]. The van der Waals surface area contributed by atoms with Gasteiger partial charge in [-0.2, -0.15) is 0 Å². The number of fused-ring (bicyclic) bond motifs is 2. The van der Waals surface area contributed by atoms with Crippen molar-refractivity contribution in [3.8, 4) is 22.6 Å². The number of rotatable bonds is 6. The predicted molar refractivity (Wildman–Crippen MR) is 135 cm³/mol. The maximum atomic E-state index is 11.0. The van der Waals surface area contributed by atoms with E-state index in [0.29, 0.717) is 13.2 Å². The Labute approximate surface area is 238 Å². The van der Waals surface area contributed by atoms with Crippen LogP contribution in [0.3, 0.4) is 0 Å². The Hall–Kier alpha value is -2.81. The van der Waals surface area contributed by atoms with Crippen molar-refractivity contribution in [2.45, 2.75) is 45.1 Å². The van der Waals surface area contributed by atoms with Gasteiger partial charge < -0.3 is 29.6 Å². The first-order valence-corrected chi connectivity index (χ1v) is 12.6. The number of benzene rings is 2. The Balaban J connectivity index is 0.00000280. The Kier molecular flexibility index (Phi) is 7.34. The first kappa shape index (κ1) is 25.8. The molecule has 8 nitrogen and oxygen atoms in total. The molecule has 9 heteroatoms. The van der Waals surface area contributed by atoms with Gasteiger partial charge in [0.05, 0.1) is 24.0 Å². The molecule has 0 radical (unpaired) electrons. The van der Waals surface area contributed by atoms with Crippen molar-refractivity contribution < 1.29 is 48.9 Å². The Morgan fingerprint density at radius 1 is 1.05 bits per heavy atom. The maximum Gasteiger partial charge on any atom is 1.00 e. The fourth-order valence-electron chi connectivity index (χ4n) is 5.65. The summed E-state index contributed by atoms with van der Waals surface area (Å²) in [5.74, 6) is 1.18. The van der Waals surface area contributed by atoms with Crippen LogP contribution in [0.25, 0.3) is 11.1 Å². The van der Waals surface area contributed by atoms with Gasteiger partial charge in [-0.3, -0.25) is 0 Å². The van der Waals surface area contributed by atoms with E-state index in [0.717, 1.165) is 69.9 Å². The molecular weight excluding hydrogens is 479 g/mol. The molecule has 3 aliphatic heterocycles. The van der Waals surface area contributed by atoms with Gasteiger partial charge in [-0.15, -0.1) is 0 Å². The van der Waals surface area contributed by atoms with Crippen LogP contribution in [0, 0.1) is 13.8 Å². The number of carbonyl (C=O) groups excluding carboxylic acids is 1. The number of aromatic nitrogens is 2. The molecule has 186 valence electrons. The number of carboxylic acids is 1. The van der Waals surface area contributed by atoms with E-state index in [1.807, 2.05) is 32.0 Å². The molecule has 0 unspecified atom stereocenters. The minimum Gasteiger partial charge on any atom is -0.550 e. The molecule has 4 heterocycles. The van der Waals surface area contributed by atoms with Crippen LogP contribution in [0.5, 0.6) is 11.5 Å². The van der Waals surface area contributed by atoms with E-state index >= 15 is 0 Å². The van der Waals surface area contributed by atoms with Crippen molar-refractivity contribution >= 4 is 17.6 Å². The van der Waals surface area contributed by atoms with Crippen LogP contribution in [0.15, 0.2) is 36.4 Å². The molecule has 1 N–H and O–H groups in total. The molecule has 0 amide bonds. The zero-order valence-corrected chi connectivity index (χ0v) is 23.5. The molecule has 0 bridgehead atoms. The van der Waals surface area contributed by atoms with Gasteiger partial charge in [-0.25, -0.2) is 9.97 Å². The number of hydrogen-bond donors (Lipinski definition) is 1. The van der Waals surface area contributed by atoms with Crippen molar-refractivity contribution in [2.24, 2.45) is 0 Å². The van der Waals surface area contributed by atoms with E-state index in [1.165, 1.54) is 12.8 Å². The van der Waals surface area contributed by atoms with Crippen LogP contribution in [0.4, 0.5) is 11.6 Å². The summed E-state index contributed by atoms with van der Waals surface area (Å²) in [5, 5.41) is 14.6. The van der Waals surface area contributed by atoms with Crippen molar-refractivity contribution in [3.63, 3.8) is 0 Å². The summed E-state index contributed by atoms with van der Waals surface area (Å²) in [5.41, 5.74) is 6.87. The largest absolute Gasteiger partial charge is 1.00 e. The van der Waals surface area contributed by atoms with Gasteiger partial charge in [0.15, 0.2) is 0 Å². The number of para-hydroxylation sites is 1. The summed E-state index contributed by atoms with van der Waals surface area (Å²) < 4.78 is 12.0. The molecule has 0 spiro atoms. The van der Waals surface area contributed by atoms with E-state index in [1.54, 1.807) is 0 Å². The average molecular weight is 509 g/mol. The summed E-state index contributed by atoms with van der Waals surface area (Å²) in [4.78, 5) is 23.0. The maximum absolute atomic E-state index is 11.0. The second-order valence-electron chi connectivity index (χ2n) is 9.83. The van der Waals surface area contributed by atoms with Gasteiger partial charge in [-0.05, 0) is 39.2 Å². The number of hydrogen-bond acceptors (Lipinski definition) is 8. The van der Waals surface area contributed by atoms with E-state index in [2.05, 4.69) is 28.4 Å². The number of nitrogens with zero attached hydrogens (tertiary/aromatic N) is 3. The predicted octanol–water partition coefficient (Wildman–Crippen LogP) is 0.526. The molecule has 2 atom stereocenters. The Morgan fingerprint density at radius 2 is 1.81 bits per heavy atom. The third kappa shape index (κ3) is 4.90. The first-order chi connectivity index (χ1) is 17.5. The monoisotopic (exact) mass is 508 g/mol. The number of aliphatic carboxylic acids is 1. The van der Waals surface area contributed by atoms with E-state index in [-0.39, 0.29) is 47.9 Å². The van der Waals surface area contributed by atoms with Gasteiger partial charge in [0.25, 0.3) is 0 Å². The normalized spacial score (nSPS) is 19.5. The van der Waals surface area contributed by atoms with E-state index in [9.17, 15) is 9.90 Å². The van der Waals surface area contributed by atoms with E-state index in [4.69, 9.17) is 19.4 Å². The quantitative estimate of drug-likeness (QED) is 0.482. The summed E-state index contributed by atoms with van der Waals surface area (Å²) in [6.07, 6.45) is 2.34. The van der Waals surface area contributed by atoms with Gasteiger partial charge in [0, 0.05) is 59.0 Å². The Bertz CT molecular complexity index is 1320. The average Bonchev–Trinajstić information content (AvgIpc) is 3.60. The van der Waals surface area contributed by atoms with E-state index < -0.39 is 5.97 Å². The summed E-state index contributed by atoms with van der Waals surface area (Å²) in [6, 6.07) is 12.0. The van der Waals surface area contributed by atoms with Crippen LogP contribution in [0.2, 0.25) is 0 Å². The summed E-state index contributed by atoms with van der Waals surface area (Å²) >= 11 is 0. The fraction of sp³-hybridized carbons (Fsp3) is 0.393. The first-order valence-electron chi connectivity index (χ1n) is 12.6. The molecule has 0 aliphatic carbocycles. The van der Waals surface area contributed by atoms with Crippen LogP contribution >= 0.6 is 0 Å². The molecule has 1 aromatic heterocycles. The standard InChI is InChI=1S/C28H30N4O4.Na/c1-16-26(17(2)30-28(29-16)32-10-3-4-11-32)22-7-5-6-21-23(15-36-27(21)22)31-19-8-9-20-18(12-25(33)34)14-35-24(20)13-19;/h5-9,13,18,23,31H,3-4,10-12,14-15H2,1-2H3,(H,33,34);/q;+1/p-1/t18-,23-;/m1./s1. The number of carboxylic acid groups (broad SMARTS) is 1. The molecular formula is C28H29N4NaO4. The van der Waals surface area contributed by atoms with Crippen molar-refractivity contribution in [2.75, 3.05) is 36.5 Å². The second-order valence-corrected chi connectivity index (χ2v) is 9.83. The molecule has 6 rings (SSSR count). The van der Waals surface area contributed by atoms with Crippen molar-refractivity contribution in [3.05, 3.63) is 58.9 Å². The minimum atomic E-state index is -1.06. The van der Waals surface area contributed by atoms with Crippen LogP contribution < -0.4 is 54.4 Å². The summed E-state index contributed by atoms with van der Waals surface area (Å²) in [6.45, 7) is 6.99. The fourth-order valence-corrected chi connectivity index (χ4v) is 5.65. The molecule has 1 saturated heterocycles. The zero-order valence-electron chi connectivity index (χ0n) is 21.5. The smallest absolute Gasteiger partial charge is 0.550 e. The van der Waals surface area contributed by atoms with Crippen LogP contribution in [-0.4, -0.2) is 42.2 Å². The van der Waals surface area contributed by atoms with Crippen LogP contribution in [0.1, 0.15) is 53.7 Å². The molecule has 1 fully saturated rings. The molecule has 2 aromatic carbocycles. The number of aryl methyl sites for hydroxylation is 2. The van der Waals surface area contributed by atoms with Gasteiger partial charge >= 0.3 is 29.6 Å². The Morgan fingerprint density at radius 3 is 2.54 bits per heavy atom. The topological polar surface area (TPSA) is 99.6 Å². The van der Waals surface area contributed by atoms with Gasteiger partial charge in [0.1, 0.15) is 18.1 Å². The number of ether oxygens (including phenoxy) is 2. The van der Waals surface area contributed by atoms with Crippen LogP contribution in [-0.2, 0) is 4.79 Å². The van der Waals surface area contributed by atoms with Gasteiger partial charge in [-0.1, -0.05) is 24.3 Å². The number of nitrogens with one attached hydrogen (secondary N) is 1. The second kappa shape index (κ2) is 10.5. The minimum absolute atomic E-state index is 0. The number of carbonyl (C=O) groups is 1. The third-order valence-corrected chi connectivity index (χ3v) is 7.38. The van der Waals surface area contributed by atoms with Crippen molar-refractivity contribution in [1.29, 1.82) is 0 Å². The number of anilines is 2. The third-order valence-electron chi connectivity index (χ3n) is 7.38. The summed E-state index contributed by atoms with van der Waals surface area (Å²) in [7, 11) is 0. The van der Waals surface area contributed by atoms with Gasteiger partial charge in [0.2, 0.25) is 5.95 Å². The molecule has 0 saturated carbocycles. The molecule has 3 aliphatic rings. The molecule has 3 aromatic rings.